The SMILES string of the molecule is [C-]#[N+]c1ccc(-c2nc(CCC3CCN(C)C3)n(C)c(=O)c2-c2ccc(OC)cc2)cc1F. The minimum absolute atomic E-state index is 0.0563. The Balaban J connectivity index is 1.82. The molecule has 0 saturated carbocycles. The number of hydrogen-bond donors (Lipinski definition) is 0. The highest BCUT2D eigenvalue weighted by Crippen LogP contribution is 2.32. The number of rotatable bonds is 6. The molecular weight excluding hydrogens is 419 g/mol. The zero-order valence-electron chi connectivity index (χ0n) is 19.1. The largest absolute Gasteiger partial charge is 0.497 e. The van der Waals surface area contributed by atoms with Crippen LogP contribution in [0.2, 0.25) is 0 Å². The number of halogens is 1. The molecule has 0 N–H and O–H groups in total. The van der Waals surface area contributed by atoms with Gasteiger partial charge in [-0.3, -0.25) is 9.36 Å². The van der Waals surface area contributed by atoms with Crippen molar-refractivity contribution in [3.05, 3.63) is 75.9 Å². The van der Waals surface area contributed by atoms with E-state index in [0.29, 0.717) is 46.3 Å². The molecule has 4 rings (SSSR count). The Morgan fingerprint density at radius 1 is 1.18 bits per heavy atom. The summed E-state index contributed by atoms with van der Waals surface area (Å²) in [6, 6.07) is 11.6. The van der Waals surface area contributed by atoms with Gasteiger partial charge in [0.05, 0.1) is 24.9 Å². The van der Waals surface area contributed by atoms with E-state index in [-0.39, 0.29) is 11.2 Å². The molecular formula is C26H27FN4O2. The number of aryl methyl sites for hydroxylation is 1. The van der Waals surface area contributed by atoms with E-state index < -0.39 is 5.82 Å². The molecule has 0 bridgehead atoms. The third-order valence-electron chi connectivity index (χ3n) is 6.37. The summed E-state index contributed by atoms with van der Waals surface area (Å²) in [6.45, 7) is 9.26. The Kier molecular flexibility index (Phi) is 6.57. The number of nitrogens with zero attached hydrogens (tertiary/aromatic N) is 4. The van der Waals surface area contributed by atoms with Crippen molar-refractivity contribution in [3.8, 4) is 28.1 Å². The fraction of sp³-hybridized carbons (Fsp3) is 0.346. The van der Waals surface area contributed by atoms with Gasteiger partial charge in [-0.1, -0.05) is 24.3 Å². The molecule has 0 aliphatic carbocycles. The van der Waals surface area contributed by atoms with Crippen molar-refractivity contribution in [2.45, 2.75) is 19.3 Å². The highest BCUT2D eigenvalue weighted by Gasteiger charge is 2.22. The molecule has 1 aliphatic heterocycles. The number of methoxy groups -OCH3 is 1. The van der Waals surface area contributed by atoms with Crippen molar-refractivity contribution < 1.29 is 9.13 Å². The van der Waals surface area contributed by atoms with Gasteiger partial charge in [-0.25, -0.2) is 14.2 Å². The number of benzene rings is 2. The average molecular weight is 447 g/mol. The van der Waals surface area contributed by atoms with E-state index >= 15 is 0 Å². The van der Waals surface area contributed by atoms with Crippen molar-refractivity contribution in [1.82, 2.24) is 14.5 Å². The highest BCUT2D eigenvalue weighted by atomic mass is 19.1. The van der Waals surface area contributed by atoms with E-state index in [1.165, 1.54) is 12.1 Å². The molecule has 3 aromatic rings. The molecule has 0 spiro atoms. The first-order valence-corrected chi connectivity index (χ1v) is 11.0. The van der Waals surface area contributed by atoms with Gasteiger partial charge in [-0.15, -0.1) is 0 Å². The second-order valence-corrected chi connectivity index (χ2v) is 8.58. The van der Waals surface area contributed by atoms with Crippen LogP contribution in [0.15, 0.2) is 47.3 Å². The predicted octanol–water partition coefficient (Wildman–Crippen LogP) is 4.70. The molecule has 1 atom stereocenters. The maximum atomic E-state index is 14.5. The van der Waals surface area contributed by atoms with Crippen molar-refractivity contribution in [1.29, 1.82) is 0 Å². The third-order valence-corrected chi connectivity index (χ3v) is 6.37. The summed E-state index contributed by atoms with van der Waals surface area (Å²) in [4.78, 5) is 23.9. The Bertz CT molecular complexity index is 1260. The van der Waals surface area contributed by atoms with Gasteiger partial charge in [0.25, 0.3) is 5.56 Å². The smallest absolute Gasteiger partial charge is 0.261 e. The summed E-state index contributed by atoms with van der Waals surface area (Å²) >= 11 is 0. The third kappa shape index (κ3) is 4.67. The zero-order chi connectivity index (χ0) is 23.5. The van der Waals surface area contributed by atoms with E-state index in [2.05, 4.69) is 16.8 Å². The minimum Gasteiger partial charge on any atom is -0.497 e. The van der Waals surface area contributed by atoms with Crippen LogP contribution >= 0.6 is 0 Å². The maximum Gasteiger partial charge on any atom is 0.261 e. The molecule has 1 fully saturated rings. The Hall–Kier alpha value is -3.50. The molecule has 0 amide bonds. The summed E-state index contributed by atoms with van der Waals surface area (Å²) in [7, 11) is 5.45. The van der Waals surface area contributed by atoms with Gasteiger partial charge in [-0.2, -0.15) is 0 Å². The van der Waals surface area contributed by atoms with Crippen LogP contribution in [0.25, 0.3) is 27.2 Å². The van der Waals surface area contributed by atoms with Gasteiger partial charge in [0.2, 0.25) is 5.69 Å². The summed E-state index contributed by atoms with van der Waals surface area (Å²) in [5.41, 5.74) is 1.75. The first-order valence-electron chi connectivity index (χ1n) is 11.0. The summed E-state index contributed by atoms with van der Waals surface area (Å²) in [5.74, 6) is 1.31. The highest BCUT2D eigenvalue weighted by molar-refractivity contribution is 5.81. The van der Waals surface area contributed by atoms with Crippen LogP contribution in [0.3, 0.4) is 0 Å². The summed E-state index contributed by atoms with van der Waals surface area (Å²) in [6.07, 6.45) is 2.75. The van der Waals surface area contributed by atoms with Gasteiger partial charge >= 0.3 is 0 Å². The van der Waals surface area contributed by atoms with E-state index in [1.54, 1.807) is 49.1 Å². The monoisotopic (exact) mass is 446 g/mol. The first-order chi connectivity index (χ1) is 15.9. The lowest BCUT2D eigenvalue weighted by Gasteiger charge is -2.17. The van der Waals surface area contributed by atoms with Crippen molar-refractivity contribution >= 4 is 5.69 Å². The average Bonchev–Trinajstić information content (AvgIpc) is 3.25. The summed E-state index contributed by atoms with van der Waals surface area (Å²) in [5, 5.41) is 0. The molecule has 6 nitrogen and oxygen atoms in total. The van der Waals surface area contributed by atoms with Crippen molar-refractivity contribution in [2.24, 2.45) is 13.0 Å². The number of aromatic nitrogens is 2. The molecule has 170 valence electrons. The fourth-order valence-corrected chi connectivity index (χ4v) is 4.44. The zero-order valence-corrected chi connectivity index (χ0v) is 19.1. The topological polar surface area (TPSA) is 51.7 Å². The van der Waals surface area contributed by atoms with Gasteiger partial charge in [-0.05, 0) is 56.1 Å². The lowest BCUT2D eigenvalue weighted by Crippen LogP contribution is -2.25. The van der Waals surface area contributed by atoms with Gasteiger partial charge in [0.1, 0.15) is 17.4 Å². The standard InChI is InChI=1S/C26H27FN4O2/c1-28-22-11-8-19(15-21(22)27)25-24(18-6-9-20(33-4)10-7-18)26(32)31(3)23(29-25)12-5-17-13-14-30(2)16-17/h6-11,15,17H,5,12-14,16H2,2-4H3. The maximum absolute atomic E-state index is 14.5. The van der Waals surface area contributed by atoms with Crippen LogP contribution in [0.4, 0.5) is 10.1 Å². The number of hydrogen-bond acceptors (Lipinski definition) is 4. The molecule has 1 saturated heterocycles. The van der Waals surface area contributed by atoms with Crippen molar-refractivity contribution in [2.75, 3.05) is 27.2 Å². The fourth-order valence-electron chi connectivity index (χ4n) is 4.44. The van der Waals surface area contributed by atoms with Gasteiger partial charge in [0.15, 0.2) is 0 Å². The quantitative estimate of drug-likeness (QED) is 0.515. The molecule has 33 heavy (non-hydrogen) atoms. The van der Waals surface area contributed by atoms with Crippen LogP contribution < -0.4 is 10.3 Å². The number of likely N-dealkylation sites (tertiary alicyclic amines) is 1. The van der Waals surface area contributed by atoms with E-state index in [1.807, 2.05) is 0 Å². The molecule has 2 heterocycles. The predicted molar refractivity (Wildman–Crippen MR) is 127 cm³/mol. The lowest BCUT2D eigenvalue weighted by molar-refractivity contribution is 0.386. The second kappa shape index (κ2) is 9.55. The van der Waals surface area contributed by atoms with Gasteiger partial charge < -0.3 is 9.64 Å². The van der Waals surface area contributed by atoms with Crippen LogP contribution in [-0.2, 0) is 13.5 Å². The normalized spacial score (nSPS) is 16.0. The lowest BCUT2D eigenvalue weighted by atomic mass is 9.98. The van der Waals surface area contributed by atoms with Crippen molar-refractivity contribution in [3.63, 3.8) is 0 Å². The van der Waals surface area contributed by atoms with E-state index in [9.17, 15) is 9.18 Å². The van der Waals surface area contributed by atoms with Gasteiger partial charge in [0, 0.05) is 25.6 Å². The van der Waals surface area contributed by atoms with E-state index in [0.717, 1.165) is 25.9 Å². The van der Waals surface area contributed by atoms with Crippen LogP contribution in [0.1, 0.15) is 18.7 Å². The Morgan fingerprint density at radius 2 is 1.91 bits per heavy atom. The number of ether oxygens (including phenoxy) is 1. The second-order valence-electron chi connectivity index (χ2n) is 8.58. The van der Waals surface area contributed by atoms with E-state index in [4.69, 9.17) is 16.3 Å². The summed E-state index contributed by atoms with van der Waals surface area (Å²) < 4.78 is 21.3. The Morgan fingerprint density at radius 3 is 2.52 bits per heavy atom. The van der Waals surface area contributed by atoms with Crippen LogP contribution in [-0.4, -0.2) is 41.7 Å². The molecule has 2 aromatic carbocycles. The molecule has 7 heteroatoms. The first kappa shape index (κ1) is 22.7. The van der Waals surface area contributed by atoms with Crippen LogP contribution in [0, 0.1) is 18.3 Å². The Labute approximate surface area is 193 Å². The van der Waals surface area contributed by atoms with Crippen LogP contribution in [0.5, 0.6) is 5.75 Å². The molecule has 1 aromatic heterocycles. The molecule has 1 unspecified atom stereocenters. The molecule has 0 radical (unpaired) electrons. The molecule has 1 aliphatic rings. The minimum atomic E-state index is -0.624.